The highest BCUT2D eigenvalue weighted by Crippen LogP contribution is 2.21. The molecular formula is C26H31ClN4O3. The molecule has 0 saturated carbocycles. The number of hydrogen-bond donors (Lipinski definition) is 2. The van der Waals surface area contributed by atoms with Gasteiger partial charge in [0.2, 0.25) is 5.91 Å². The third-order valence-electron chi connectivity index (χ3n) is 5.84. The Labute approximate surface area is 206 Å². The number of nitrogens with zero attached hydrogens (tertiary/aromatic N) is 2. The molecule has 0 radical (unpaired) electrons. The number of halogens is 1. The molecule has 2 amide bonds. The van der Waals surface area contributed by atoms with Crippen LogP contribution in [0.5, 0.6) is 0 Å². The van der Waals surface area contributed by atoms with Crippen molar-refractivity contribution in [2.45, 2.75) is 31.7 Å². The Kier molecular flexibility index (Phi) is 9.67. The Morgan fingerprint density at radius 2 is 1.65 bits per heavy atom. The maximum atomic E-state index is 13.1. The number of carbonyl (C=O) groups excluding carboxylic acids is 2. The van der Waals surface area contributed by atoms with E-state index in [2.05, 4.69) is 15.8 Å². The van der Waals surface area contributed by atoms with E-state index in [9.17, 15) is 9.59 Å². The molecule has 1 atom stereocenters. The van der Waals surface area contributed by atoms with Crippen LogP contribution in [-0.2, 0) is 4.79 Å². The summed E-state index contributed by atoms with van der Waals surface area (Å²) in [6.45, 7) is 2.50. The van der Waals surface area contributed by atoms with Gasteiger partial charge in [-0.25, -0.2) is 0 Å². The van der Waals surface area contributed by atoms with E-state index in [0.29, 0.717) is 43.9 Å². The van der Waals surface area contributed by atoms with E-state index in [4.69, 9.17) is 4.52 Å². The molecule has 1 unspecified atom stereocenters. The molecule has 1 fully saturated rings. The Bertz CT molecular complexity index is 1040. The molecule has 34 heavy (non-hydrogen) atoms. The van der Waals surface area contributed by atoms with Gasteiger partial charge in [-0.3, -0.25) is 9.59 Å². The Morgan fingerprint density at radius 3 is 2.41 bits per heavy atom. The van der Waals surface area contributed by atoms with Gasteiger partial charge >= 0.3 is 0 Å². The molecule has 0 bridgehead atoms. The van der Waals surface area contributed by atoms with Gasteiger partial charge in [-0.1, -0.05) is 65.8 Å². The summed E-state index contributed by atoms with van der Waals surface area (Å²) >= 11 is 0. The van der Waals surface area contributed by atoms with E-state index in [1.54, 1.807) is 6.07 Å². The highest BCUT2D eigenvalue weighted by Gasteiger charge is 2.21. The summed E-state index contributed by atoms with van der Waals surface area (Å²) in [7, 11) is 0. The van der Waals surface area contributed by atoms with Crippen molar-refractivity contribution in [2.75, 3.05) is 26.2 Å². The van der Waals surface area contributed by atoms with Crippen molar-refractivity contribution in [3.05, 3.63) is 78.0 Å². The number of hydrogen-bond acceptors (Lipinski definition) is 5. The van der Waals surface area contributed by atoms with Crippen LogP contribution in [0.25, 0.3) is 11.3 Å². The lowest BCUT2D eigenvalue weighted by Gasteiger charge is -2.21. The summed E-state index contributed by atoms with van der Waals surface area (Å²) in [5.41, 5.74) is 2.31. The summed E-state index contributed by atoms with van der Waals surface area (Å²) in [6, 6.07) is 21.4. The zero-order valence-electron chi connectivity index (χ0n) is 19.1. The minimum absolute atomic E-state index is 0. The molecule has 1 aliphatic heterocycles. The Balaban J connectivity index is 0.00000324. The van der Waals surface area contributed by atoms with Gasteiger partial charge in [-0.15, -0.1) is 12.4 Å². The number of nitrogens with one attached hydrogen (secondary N) is 2. The maximum absolute atomic E-state index is 13.1. The second-order valence-corrected chi connectivity index (χ2v) is 8.27. The van der Waals surface area contributed by atoms with Gasteiger partial charge in [0.25, 0.3) is 5.91 Å². The molecule has 180 valence electrons. The van der Waals surface area contributed by atoms with Crippen LogP contribution in [0.15, 0.2) is 71.3 Å². The van der Waals surface area contributed by atoms with Crippen LogP contribution in [0, 0.1) is 0 Å². The van der Waals surface area contributed by atoms with Crippen LogP contribution in [0.3, 0.4) is 0 Å². The lowest BCUT2D eigenvalue weighted by molar-refractivity contribution is -0.121. The van der Waals surface area contributed by atoms with E-state index in [1.807, 2.05) is 65.6 Å². The highest BCUT2D eigenvalue weighted by molar-refractivity contribution is 5.93. The Hall–Kier alpha value is -3.16. The first-order chi connectivity index (χ1) is 16.2. The fraction of sp³-hybridized carbons (Fsp3) is 0.346. The molecule has 0 spiro atoms. The average Bonchev–Trinajstić information content (AvgIpc) is 3.35. The lowest BCUT2D eigenvalue weighted by Crippen LogP contribution is -2.35. The monoisotopic (exact) mass is 482 g/mol. The maximum Gasteiger partial charge on any atom is 0.276 e. The molecule has 1 aromatic heterocycles. The molecule has 2 heterocycles. The third kappa shape index (κ3) is 6.92. The first kappa shape index (κ1) is 25.5. The number of rotatable bonds is 3. The summed E-state index contributed by atoms with van der Waals surface area (Å²) in [5, 5.41) is 10.5. The zero-order chi connectivity index (χ0) is 22.9. The van der Waals surface area contributed by atoms with Crippen LogP contribution >= 0.6 is 12.4 Å². The standard InChI is InChI=1S/C26H30N4O3.ClH/c31-25-19-22(20-10-3-1-4-11-20)27-14-7-8-16-30(17-9-15-28-25)26(32)23-18-24(33-29-23)21-12-5-2-6-13-21;/h1-6,10-13,18,22,27H,7-9,14-17,19H2,(H,28,31);1H. The molecule has 3 aromatic rings. The number of amides is 2. The lowest BCUT2D eigenvalue weighted by atomic mass is 10.0. The average molecular weight is 483 g/mol. The highest BCUT2D eigenvalue weighted by atomic mass is 35.5. The van der Waals surface area contributed by atoms with Gasteiger partial charge in [0, 0.05) is 43.7 Å². The molecule has 2 N–H and O–H groups in total. The predicted molar refractivity (Wildman–Crippen MR) is 134 cm³/mol. The van der Waals surface area contributed by atoms with Crippen LogP contribution in [0.1, 0.15) is 47.8 Å². The van der Waals surface area contributed by atoms with Gasteiger partial charge in [-0.05, 0) is 31.4 Å². The molecule has 4 rings (SSSR count). The first-order valence-corrected chi connectivity index (χ1v) is 11.6. The summed E-state index contributed by atoms with van der Waals surface area (Å²) < 4.78 is 5.42. The van der Waals surface area contributed by atoms with Crippen LogP contribution in [0.4, 0.5) is 0 Å². The van der Waals surface area contributed by atoms with E-state index in [1.165, 1.54) is 0 Å². The topological polar surface area (TPSA) is 87.5 Å². The summed E-state index contributed by atoms with van der Waals surface area (Å²) in [6.07, 6.45) is 2.85. The van der Waals surface area contributed by atoms with Crippen molar-refractivity contribution < 1.29 is 14.1 Å². The minimum Gasteiger partial charge on any atom is -0.356 e. The van der Waals surface area contributed by atoms with Crippen LogP contribution in [-0.4, -0.2) is 48.0 Å². The minimum atomic E-state index is -0.141. The smallest absolute Gasteiger partial charge is 0.276 e. The van der Waals surface area contributed by atoms with E-state index >= 15 is 0 Å². The van der Waals surface area contributed by atoms with Gasteiger partial charge < -0.3 is 20.1 Å². The molecule has 2 aromatic carbocycles. The number of carbonyl (C=O) groups is 2. The molecule has 0 aliphatic carbocycles. The van der Waals surface area contributed by atoms with E-state index in [-0.39, 0.29) is 30.3 Å². The van der Waals surface area contributed by atoms with Crippen molar-refractivity contribution in [2.24, 2.45) is 0 Å². The second kappa shape index (κ2) is 12.9. The SMILES string of the molecule is Cl.O=C1CC(c2ccccc2)NCCCCN(C(=O)c2cc(-c3ccccc3)on2)CCCN1. The molecule has 8 heteroatoms. The summed E-state index contributed by atoms with van der Waals surface area (Å²) in [4.78, 5) is 27.4. The fourth-order valence-electron chi connectivity index (χ4n) is 4.04. The van der Waals surface area contributed by atoms with Gasteiger partial charge in [0.1, 0.15) is 0 Å². The van der Waals surface area contributed by atoms with Crippen molar-refractivity contribution in [3.63, 3.8) is 0 Å². The van der Waals surface area contributed by atoms with E-state index < -0.39 is 0 Å². The normalized spacial score (nSPS) is 17.9. The summed E-state index contributed by atoms with van der Waals surface area (Å²) in [5.74, 6) is 0.447. The first-order valence-electron chi connectivity index (χ1n) is 11.6. The molecular weight excluding hydrogens is 452 g/mol. The van der Waals surface area contributed by atoms with Crippen LogP contribution < -0.4 is 10.6 Å². The third-order valence-corrected chi connectivity index (χ3v) is 5.84. The molecule has 1 saturated heterocycles. The fourth-order valence-corrected chi connectivity index (χ4v) is 4.04. The zero-order valence-corrected chi connectivity index (χ0v) is 19.9. The quantitative estimate of drug-likeness (QED) is 0.583. The van der Waals surface area contributed by atoms with Crippen molar-refractivity contribution >= 4 is 24.2 Å². The number of aromatic nitrogens is 1. The van der Waals surface area contributed by atoms with Crippen LogP contribution in [0.2, 0.25) is 0 Å². The predicted octanol–water partition coefficient (Wildman–Crippen LogP) is 4.23. The van der Waals surface area contributed by atoms with E-state index in [0.717, 1.165) is 30.5 Å². The Morgan fingerprint density at radius 1 is 0.941 bits per heavy atom. The van der Waals surface area contributed by atoms with Crippen molar-refractivity contribution in [1.29, 1.82) is 0 Å². The van der Waals surface area contributed by atoms with Crippen molar-refractivity contribution in [3.8, 4) is 11.3 Å². The molecule has 7 nitrogen and oxygen atoms in total. The van der Waals surface area contributed by atoms with Gasteiger partial charge in [-0.2, -0.15) is 0 Å². The largest absolute Gasteiger partial charge is 0.356 e. The molecule has 1 aliphatic rings. The van der Waals surface area contributed by atoms with Gasteiger partial charge in [0.15, 0.2) is 11.5 Å². The number of benzene rings is 2. The van der Waals surface area contributed by atoms with Crippen molar-refractivity contribution in [1.82, 2.24) is 20.7 Å². The second-order valence-electron chi connectivity index (χ2n) is 8.27. The van der Waals surface area contributed by atoms with Gasteiger partial charge in [0.05, 0.1) is 0 Å².